The molecular weight excluding hydrogens is 431 g/mol. The lowest BCUT2D eigenvalue weighted by molar-refractivity contribution is -0.199. The summed E-state index contributed by atoms with van der Waals surface area (Å²) in [6, 6.07) is 11.6. The number of likely N-dealkylation sites (tertiary alicyclic amines) is 1. The van der Waals surface area contributed by atoms with Gasteiger partial charge < -0.3 is 4.90 Å². The monoisotopic (exact) mass is 455 g/mol. The Kier molecular flexibility index (Phi) is 5.26. The average Bonchev–Trinajstić information content (AvgIpc) is 3.52. The van der Waals surface area contributed by atoms with Crippen molar-refractivity contribution in [3.05, 3.63) is 65.5 Å². The Morgan fingerprint density at radius 3 is 2.45 bits per heavy atom. The number of hydrogen-bond donors (Lipinski definition) is 0. The topological polar surface area (TPSA) is 55.2 Å². The summed E-state index contributed by atoms with van der Waals surface area (Å²) in [5.41, 5.74) is 0.635. The van der Waals surface area contributed by atoms with Crippen LogP contribution in [0.2, 0.25) is 0 Å². The van der Waals surface area contributed by atoms with Crippen LogP contribution in [0.4, 0.5) is 13.2 Å². The van der Waals surface area contributed by atoms with E-state index in [4.69, 9.17) is 0 Å². The largest absolute Gasteiger partial charge is 0.403 e. The molecule has 3 aromatic rings. The second-order valence-corrected chi connectivity index (χ2v) is 9.09. The van der Waals surface area contributed by atoms with Gasteiger partial charge in [0.25, 0.3) is 0 Å². The number of aromatic nitrogens is 2. The summed E-state index contributed by atoms with van der Waals surface area (Å²) in [6.45, 7) is 0.628. The molecule has 8 heteroatoms. The fraction of sp³-hybridized carbons (Fsp3) is 0.400. The van der Waals surface area contributed by atoms with E-state index in [-0.39, 0.29) is 18.9 Å². The van der Waals surface area contributed by atoms with Gasteiger partial charge in [-0.05, 0) is 47.6 Å². The summed E-state index contributed by atoms with van der Waals surface area (Å²) in [5.74, 6) is -0.764. The van der Waals surface area contributed by atoms with Crippen molar-refractivity contribution < 1.29 is 22.8 Å². The number of carbonyl (C=O) groups is 2. The molecule has 1 aliphatic carbocycles. The van der Waals surface area contributed by atoms with Gasteiger partial charge in [-0.15, -0.1) is 0 Å². The zero-order chi connectivity index (χ0) is 23.2. The third kappa shape index (κ3) is 3.81. The average molecular weight is 455 g/mol. The lowest BCUT2D eigenvalue weighted by Crippen LogP contribution is -2.47. The van der Waals surface area contributed by atoms with E-state index in [0.29, 0.717) is 37.9 Å². The van der Waals surface area contributed by atoms with Crippen LogP contribution >= 0.6 is 0 Å². The van der Waals surface area contributed by atoms with Gasteiger partial charge in [-0.3, -0.25) is 14.3 Å². The minimum absolute atomic E-state index is 0.0537. The first-order valence-corrected chi connectivity index (χ1v) is 11.2. The molecule has 1 aromatic heterocycles. The first kappa shape index (κ1) is 21.7. The van der Waals surface area contributed by atoms with Crippen molar-refractivity contribution >= 4 is 23.0 Å². The van der Waals surface area contributed by atoms with Gasteiger partial charge in [0, 0.05) is 31.3 Å². The molecule has 1 saturated carbocycles. The molecule has 1 amide bonds. The normalized spacial score (nSPS) is 18.5. The van der Waals surface area contributed by atoms with Gasteiger partial charge in [-0.25, -0.2) is 0 Å². The maximum Gasteiger partial charge on any atom is 0.403 e. The molecule has 0 spiro atoms. The van der Waals surface area contributed by atoms with Crippen LogP contribution in [0.25, 0.3) is 10.8 Å². The molecule has 0 bridgehead atoms. The molecule has 1 aliphatic heterocycles. The van der Waals surface area contributed by atoms with Crippen LogP contribution in [0.1, 0.15) is 53.2 Å². The van der Waals surface area contributed by atoms with Crippen molar-refractivity contribution in [2.24, 2.45) is 5.41 Å². The number of piperidine rings is 1. The van der Waals surface area contributed by atoms with Crippen LogP contribution < -0.4 is 0 Å². The summed E-state index contributed by atoms with van der Waals surface area (Å²) >= 11 is 0. The highest BCUT2D eigenvalue weighted by molar-refractivity contribution is 5.99. The summed E-state index contributed by atoms with van der Waals surface area (Å²) in [5, 5.41) is 6.44. The Balaban J connectivity index is 1.26. The van der Waals surface area contributed by atoms with Crippen LogP contribution in [0, 0.1) is 5.41 Å². The third-order valence-corrected chi connectivity index (χ3v) is 7.05. The fourth-order valence-corrected chi connectivity index (χ4v) is 4.92. The number of halogens is 3. The molecule has 33 heavy (non-hydrogen) atoms. The predicted molar refractivity (Wildman–Crippen MR) is 117 cm³/mol. The molecule has 2 aliphatic rings. The van der Waals surface area contributed by atoms with Crippen molar-refractivity contribution in [3.63, 3.8) is 0 Å². The number of benzene rings is 2. The second-order valence-electron chi connectivity index (χ2n) is 9.09. The van der Waals surface area contributed by atoms with Gasteiger partial charge in [0.15, 0.2) is 6.29 Å². The van der Waals surface area contributed by atoms with E-state index in [1.54, 1.807) is 6.07 Å². The number of fused-ring (bicyclic) bond motifs is 1. The highest BCUT2D eigenvalue weighted by atomic mass is 19.4. The Morgan fingerprint density at radius 2 is 1.79 bits per heavy atom. The lowest BCUT2D eigenvalue weighted by atomic mass is 9.97. The van der Waals surface area contributed by atoms with Crippen molar-refractivity contribution in [1.82, 2.24) is 14.7 Å². The predicted octanol–water partition coefficient (Wildman–Crippen LogP) is 4.95. The van der Waals surface area contributed by atoms with Gasteiger partial charge in [0.1, 0.15) is 5.41 Å². The van der Waals surface area contributed by atoms with E-state index < -0.39 is 17.5 Å². The molecule has 1 saturated heterocycles. The number of amides is 1. The second kappa shape index (κ2) is 8.01. The van der Waals surface area contributed by atoms with Crippen molar-refractivity contribution in [1.29, 1.82) is 0 Å². The van der Waals surface area contributed by atoms with Gasteiger partial charge in [0.2, 0.25) is 5.91 Å². The molecule has 2 heterocycles. The van der Waals surface area contributed by atoms with Crippen LogP contribution in [-0.4, -0.2) is 46.1 Å². The van der Waals surface area contributed by atoms with Crippen LogP contribution in [0.15, 0.2) is 48.8 Å². The smallest absolute Gasteiger partial charge is 0.342 e. The summed E-state index contributed by atoms with van der Waals surface area (Å²) in [7, 11) is 0. The molecule has 172 valence electrons. The highest BCUT2D eigenvalue weighted by Crippen LogP contribution is 2.58. The SMILES string of the molecule is O=Cc1cccc2c(Cc3cnn(C4CCN(C(=O)C5(C(F)(F)F)CC5)CC4)c3)cccc12. The minimum atomic E-state index is -4.47. The van der Waals surface area contributed by atoms with E-state index >= 15 is 0 Å². The maximum atomic E-state index is 13.3. The highest BCUT2D eigenvalue weighted by Gasteiger charge is 2.69. The molecule has 2 fully saturated rings. The Labute approximate surface area is 189 Å². The standard InChI is InChI=1S/C25H24F3N3O2/c26-25(27,28)24(9-10-24)23(33)30-11-7-20(8-12-30)31-15-17(14-29-31)13-18-3-1-6-22-19(16-32)4-2-5-21(18)22/h1-6,14-16,20H,7-13H2. The molecule has 2 aromatic carbocycles. The van der Waals surface area contributed by atoms with Gasteiger partial charge in [-0.1, -0.05) is 36.4 Å². The number of alkyl halides is 3. The molecule has 0 unspecified atom stereocenters. The molecule has 0 N–H and O–H groups in total. The van der Waals surface area contributed by atoms with E-state index in [2.05, 4.69) is 5.10 Å². The molecule has 0 atom stereocenters. The van der Waals surface area contributed by atoms with E-state index in [1.807, 2.05) is 47.4 Å². The van der Waals surface area contributed by atoms with Crippen LogP contribution in [-0.2, 0) is 11.2 Å². The minimum Gasteiger partial charge on any atom is -0.342 e. The summed E-state index contributed by atoms with van der Waals surface area (Å²) < 4.78 is 41.7. The van der Waals surface area contributed by atoms with Crippen LogP contribution in [0.3, 0.4) is 0 Å². The van der Waals surface area contributed by atoms with Crippen molar-refractivity contribution in [2.75, 3.05) is 13.1 Å². The number of carbonyl (C=O) groups excluding carboxylic acids is 2. The number of rotatable bonds is 5. The molecule has 0 radical (unpaired) electrons. The Hall–Kier alpha value is -3.16. The van der Waals surface area contributed by atoms with Gasteiger partial charge >= 0.3 is 6.18 Å². The fourth-order valence-electron chi connectivity index (χ4n) is 4.92. The molecular formula is C25H24F3N3O2. The molecule has 5 rings (SSSR count). The molecule has 5 nitrogen and oxygen atoms in total. The quantitative estimate of drug-likeness (QED) is 0.512. The maximum absolute atomic E-state index is 13.3. The van der Waals surface area contributed by atoms with Crippen molar-refractivity contribution in [3.8, 4) is 0 Å². The van der Waals surface area contributed by atoms with Gasteiger partial charge in [0.05, 0.1) is 12.2 Å². The summed E-state index contributed by atoms with van der Waals surface area (Å²) in [6.07, 6.45) is 1.81. The zero-order valence-electron chi connectivity index (χ0n) is 18.0. The number of nitrogens with zero attached hydrogens (tertiary/aromatic N) is 3. The number of hydrogen-bond acceptors (Lipinski definition) is 3. The summed E-state index contributed by atoms with van der Waals surface area (Å²) in [4.78, 5) is 25.2. The Morgan fingerprint density at radius 1 is 1.09 bits per heavy atom. The number of aldehydes is 1. The third-order valence-electron chi connectivity index (χ3n) is 7.05. The van der Waals surface area contributed by atoms with E-state index in [0.717, 1.165) is 28.2 Å². The first-order chi connectivity index (χ1) is 15.8. The van der Waals surface area contributed by atoms with E-state index in [1.165, 1.54) is 4.90 Å². The Bertz CT molecular complexity index is 1210. The van der Waals surface area contributed by atoms with Crippen molar-refractivity contribution in [2.45, 2.75) is 44.3 Å². The van der Waals surface area contributed by atoms with E-state index in [9.17, 15) is 22.8 Å². The van der Waals surface area contributed by atoms with Gasteiger partial charge in [-0.2, -0.15) is 18.3 Å². The van der Waals surface area contributed by atoms with Crippen LogP contribution in [0.5, 0.6) is 0 Å². The first-order valence-electron chi connectivity index (χ1n) is 11.2. The lowest BCUT2D eigenvalue weighted by Gasteiger charge is -2.35. The zero-order valence-corrected chi connectivity index (χ0v) is 18.0.